The Bertz CT molecular complexity index is 615. The van der Waals surface area contributed by atoms with Crippen molar-refractivity contribution in [2.75, 3.05) is 0 Å². The highest BCUT2D eigenvalue weighted by molar-refractivity contribution is 9.10. The molecule has 1 N–H and O–H groups in total. The third-order valence-corrected chi connectivity index (χ3v) is 4.13. The molecule has 2 aromatic rings. The van der Waals surface area contributed by atoms with E-state index >= 15 is 0 Å². The lowest BCUT2D eigenvalue weighted by molar-refractivity contribution is 0.476. The summed E-state index contributed by atoms with van der Waals surface area (Å²) in [7, 11) is 0. The first kappa shape index (κ1) is 14.0. The van der Waals surface area contributed by atoms with E-state index in [9.17, 15) is 0 Å². The molecule has 0 bridgehead atoms. The number of aromatic nitrogens is 1. The average molecular weight is 398 g/mol. The van der Waals surface area contributed by atoms with Gasteiger partial charge in [0.2, 0.25) is 0 Å². The van der Waals surface area contributed by atoms with E-state index in [-0.39, 0.29) is 0 Å². The second-order valence-corrected chi connectivity index (χ2v) is 6.63. The van der Waals surface area contributed by atoms with E-state index in [4.69, 9.17) is 4.74 Å². The number of nitrogens with zero attached hydrogens (tertiary/aromatic N) is 1. The topological polar surface area (TPSA) is 34.1 Å². The van der Waals surface area contributed by atoms with Gasteiger partial charge in [0.1, 0.15) is 11.5 Å². The Kier molecular flexibility index (Phi) is 4.38. The number of pyridine rings is 1. The minimum Gasteiger partial charge on any atom is -0.455 e. The molecule has 0 unspecified atom stereocenters. The molecule has 0 atom stereocenters. The number of nitrogens with one attached hydrogen (secondary N) is 1. The van der Waals surface area contributed by atoms with Crippen LogP contribution in [0.25, 0.3) is 0 Å². The highest BCUT2D eigenvalue weighted by Crippen LogP contribution is 2.31. The Morgan fingerprint density at radius 2 is 2.05 bits per heavy atom. The highest BCUT2D eigenvalue weighted by Gasteiger charge is 2.20. The van der Waals surface area contributed by atoms with Crippen molar-refractivity contribution in [1.82, 2.24) is 10.3 Å². The van der Waals surface area contributed by atoms with Crippen LogP contribution in [0.3, 0.4) is 0 Å². The molecule has 1 fully saturated rings. The minimum absolute atomic E-state index is 0.712. The van der Waals surface area contributed by atoms with Gasteiger partial charge in [0.05, 0.1) is 10.7 Å². The van der Waals surface area contributed by atoms with E-state index in [2.05, 4.69) is 54.3 Å². The standard InChI is InChI=1S/C15H14Br2N2O/c16-11-6-13(9-18-8-11)20-15-4-1-10(5-14(15)17)7-19-12-2-3-12/h1,4-6,8-9,12,19H,2-3,7H2. The van der Waals surface area contributed by atoms with Gasteiger partial charge < -0.3 is 10.1 Å². The third-order valence-electron chi connectivity index (χ3n) is 3.08. The first-order valence-corrected chi connectivity index (χ1v) is 8.09. The molecular weight excluding hydrogens is 384 g/mol. The fourth-order valence-electron chi connectivity index (χ4n) is 1.86. The first-order valence-electron chi connectivity index (χ1n) is 6.51. The van der Waals surface area contributed by atoms with Gasteiger partial charge in [-0.25, -0.2) is 0 Å². The zero-order valence-electron chi connectivity index (χ0n) is 10.8. The molecule has 20 heavy (non-hydrogen) atoms. The van der Waals surface area contributed by atoms with Crippen LogP contribution in [0.5, 0.6) is 11.5 Å². The molecule has 1 heterocycles. The predicted octanol–water partition coefficient (Wildman–Crippen LogP) is 4.65. The second kappa shape index (κ2) is 6.24. The summed E-state index contributed by atoms with van der Waals surface area (Å²) >= 11 is 6.94. The molecule has 0 amide bonds. The Morgan fingerprint density at radius 3 is 2.75 bits per heavy atom. The Hall–Kier alpha value is -0.910. The molecule has 5 heteroatoms. The van der Waals surface area contributed by atoms with Crippen molar-refractivity contribution in [2.45, 2.75) is 25.4 Å². The van der Waals surface area contributed by atoms with Gasteiger partial charge in [0, 0.05) is 23.3 Å². The van der Waals surface area contributed by atoms with Crippen molar-refractivity contribution in [3.63, 3.8) is 0 Å². The van der Waals surface area contributed by atoms with E-state index < -0.39 is 0 Å². The molecule has 1 aromatic carbocycles. The van der Waals surface area contributed by atoms with Crippen molar-refractivity contribution in [3.05, 3.63) is 51.2 Å². The molecule has 1 saturated carbocycles. The number of halogens is 2. The van der Waals surface area contributed by atoms with Crippen molar-refractivity contribution in [2.24, 2.45) is 0 Å². The van der Waals surface area contributed by atoms with Gasteiger partial charge in [-0.2, -0.15) is 0 Å². The van der Waals surface area contributed by atoms with Crippen LogP contribution >= 0.6 is 31.9 Å². The normalized spacial score (nSPS) is 14.3. The monoisotopic (exact) mass is 396 g/mol. The summed E-state index contributed by atoms with van der Waals surface area (Å²) in [6.45, 7) is 0.905. The molecule has 1 aromatic heterocycles. The van der Waals surface area contributed by atoms with Crippen molar-refractivity contribution >= 4 is 31.9 Å². The van der Waals surface area contributed by atoms with Gasteiger partial charge in [0.25, 0.3) is 0 Å². The van der Waals surface area contributed by atoms with E-state index in [0.29, 0.717) is 5.75 Å². The lowest BCUT2D eigenvalue weighted by atomic mass is 10.2. The average Bonchev–Trinajstić information content (AvgIpc) is 3.23. The van der Waals surface area contributed by atoms with Gasteiger partial charge >= 0.3 is 0 Å². The minimum atomic E-state index is 0.712. The van der Waals surface area contributed by atoms with Gasteiger partial charge in [-0.15, -0.1) is 0 Å². The molecule has 0 spiro atoms. The second-order valence-electron chi connectivity index (χ2n) is 4.86. The van der Waals surface area contributed by atoms with Crippen molar-refractivity contribution in [3.8, 4) is 11.5 Å². The molecule has 104 valence electrons. The summed E-state index contributed by atoms with van der Waals surface area (Å²) in [4.78, 5) is 4.09. The highest BCUT2D eigenvalue weighted by atomic mass is 79.9. The molecule has 0 saturated heterocycles. The van der Waals surface area contributed by atoms with Crippen LogP contribution in [-0.4, -0.2) is 11.0 Å². The largest absolute Gasteiger partial charge is 0.455 e. The van der Waals surface area contributed by atoms with Crippen LogP contribution < -0.4 is 10.1 Å². The summed E-state index contributed by atoms with van der Waals surface area (Å²) in [5.74, 6) is 1.50. The summed E-state index contributed by atoms with van der Waals surface area (Å²) in [5.41, 5.74) is 1.25. The number of benzene rings is 1. The lowest BCUT2D eigenvalue weighted by Gasteiger charge is -2.10. The number of hydrogen-bond donors (Lipinski definition) is 1. The number of rotatable bonds is 5. The van der Waals surface area contributed by atoms with Gasteiger partial charge in [0.15, 0.2) is 0 Å². The molecule has 1 aliphatic rings. The molecule has 0 radical (unpaired) electrons. The maximum atomic E-state index is 5.82. The van der Waals surface area contributed by atoms with Crippen LogP contribution in [0.1, 0.15) is 18.4 Å². The maximum Gasteiger partial charge on any atom is 0.146 e. The fraction of sp³-hybridized carbons (Fsp3) is 0.267. The van der Waals surface area contributed by atoms with Crippen LogP contribution in [0.4, 0.5) is 0 Å². The number of ether oxygens (including phenoxy) is 1. The molecule has 3 nitrogen and oxygen atoms in total. The van der Waals surface area contributed by atoms with E-state index in [1.54, 1.807) is 12.4 Å². The Balaban J connectivity index is 1.69. The third kappa shape index (κ3) is 3.81. The zero-order chi connectivity index (χ0) is 13.9. The molecule has 3 rings (SSSR count). The van der Waals surface area contributed by atoms with E-state index in [1.807, 2.05) is 12.1 Å². The van der Waals surface area contributed by atoms with Gasteiger partial charge in [-0.3, -0.25) is 4.98 Å². The smallest absolute Gasteiger partial charge is 0.146 e. The van der Waals surface area contributed by atoms with Gasteiger partial charge in [-0.1, -0.05) is 6.07 Å². The molecular formula is C15H14Br2N2O. The SMILES string of the molecule is Brc1cncc(Oc2ccc(CNC3CC3)cc2Br)c1. The quantitative estimate of drug-likeness (QED) is 0.797. The summed E-state index contributed by atoms with van der Waals surface area (Å²) in [5, 5.41) is 3.50. The summed E-state index contributed by atoms with van der Waals surface area (Å²) < 4.78 is 7.67. The molecule has 0 aliphatic heterocycles. The van der Waals surface area contributed by atoms with E-state index in [0.717, 1.165) is 27.3 Å². The van der Waals surface area contributed by atoms with Crippen molar-refractivity contribution < 1.29 is 4.74 Å². The first-order chi connectivity index (χ1) is 9.70. The number of hydrogen-bond acceptors (Lipinski definition) is 3. The lowest BCUT2D eigenvalue weighted by Crippen LogP contribution is -2.15. The summed E-state index contributed by atoms with van der Waals surface area (Å²) in [6, 6.07) is 8.77. The maximum absolute atomic E-state index is 5.82. The summed E-state index contributed by atoms with van der Waals surface area (Å²) in [6.07, 6.45) is 6.03. The molecule has 1 aliphatic carbocycles. The Morgan fingerprint density at radius 1 is 1.20 bits per heavy atom. The van der Waals surface area contributed by atoms with Crippen molar-refractivity contribution in [1.29, 1.82) is 0 Å². The zero-order valence-corrected chi connectivity index (χ0v) is 13.9. The Labute approximate surface area is 135 Å². The van der Waals surface area contributed by atoms with Crippen LogP contribution in [0, 0.1) is 0 Å². The predicted molar refractivity (Wildman–Crippen MR) is 86.0 cm³/mol. The fourth-order valence-corrected chi connectivity index (χ4v) is 2.71. The van der Waals surface area contributed by atoms with Crippen LogP contribution in [-0.2, 0) is 6.54 Å². The van der Waals surface area contributed by atoms with Crippen LogP contribution in [0.2, 0.25) is 0 Å². The van der Waals surface area contributed by atoms with E-state index in [1.165, 1.54) is 18.4 Å². The van der Waals surface area contributed by atoms with Crippen LogP contribution in [0.15, 0.2) is 45.6 Å². The van der Waals surface area contributed by atoms with Gasteiger partial charge in [-0.05, 0) is 68.5 Å².